The van der Waals surface area contributed by atoms with Gasteiger partial charge in [0.05, 0.1) is 0 Å². The van der Waals surface area contributed by atoms with Gasteiger partial charge in [0.25, 0.3) is 0 Å². The lowest BCUT2D eigenvalue weighted by molar-refractivity contribution is -0.131. The van der Waals surface area contributed by atoms with Gasteiger partial charge in [-0.25, -0.2) is 4.79 Å². The molecule has 2 heteroatoms. The summed E-state index contributed by atoms with van der Waals surface area (Å²) in [5, 5.41) is 8.37. The van der Waals surface area contributed by atoms with Crippen LogP contribution in [0.4, 0.5) is 0 Å². The predicted octanol–water partition coefficient (Wildman–Crippen LogP) is 1.89. The molecule has 0 bridgehead atoms. The van der Waals surface area contributed by atoms with Crippen LogP contribution in [0.25, 0.3) is 6.08 Å². The molecular weight excluding hydrogens is 152 g/mol. The maximum absolute atomic E-state index is 10.2. The Labute approximate surface area is 71.2 Å². The van der Waals surface area contributed by atoms with Crippen molar-refractivity contribution in [3.05, 3.63) is 41.5 Å². The van der Waals surface area contributed by atoms with E-state index in [1.54, 1.807) is 12.1 Å². The summed E-state index contributed by atoms with van der Waals surface area (Å²) in [5.74, 6) is -0.928. The summed E-state index contributed by atoms with van der Waals surface area (Å²) >= 11 is 0. The number of rotatable bonds is 2. The van der Waals surface area contributed by atoms with E-state index in [9.17, 15) is 4.79 Å². The monoisotopic (exact) mass is 161 g/mol. The van der Waals surface area contributed by atoms with Gasteiger partial charge in [0.15, 0.2) is 0 Å². The SMILES string of the molecule is Cc1c[c]ccc1C=CC(=O)O. The maximum Gasteiger partial charge on any atom is 0.328 e. The molecule has 0 aromatic heterocycles. The lowest BCUT2D eigenvalue weighted by atomic mass is 10.1. The second-order valence-electron chi connectivity index (χ2n) is 2.45. The predicted molar refractivity (Wildman–Crippen MR) is 46.7 cm³/mol. The summed E-state index contributed by atoms with van der Waals surface area (Å²) in [4.78, 5) is 10.2. The van der Waals surface area contributed by atoms with E-state index >= 15 is 0 Å². The molecule has 0 heterocycles. The molecule has 0 saturated carbocycles. The third kappa shape index (κ3) is 2.23. The molecule has 0 spiro atoms. The van der Waals surface area contributed by atoms with Gasteiger partial charge < -0.3 is 5.11 Å². The largest absolute Gasteiger partial charge is 0.478 e. The van der Waals surface area contributed by atoms with Gasteiger partial charge in [0.1, 0.15) is 0 Å². The summed E-state index contributed by atoms with van der Waals surface area (Å²) in [6.07, 6.45) is 2.70. The van der Waals surface area contributed by atoms with Crippen molar-refractivity contribution in [2.24, 2.45) is 0 Å². The molecule has 0 saturated heterocycles. The molecule has 0 unspecified atom stereocenters. The van der Waals surface area contributed by atoms with E-state index in [1.807, 2.05) is 19.1 Å². The molecule has 0 aliphatic heterocycles. The average molecular weight is 161 g/mol. The molecule has 2 nitrogen and oxygen atoms in total. The smallest absolute Gasteiger partial charge is 0.328 e. The van der Waals surface area contributed by atoms with Crippen molar-refractivity contribution in [2.75, 3.05) is 0 Å². The molecule has 0 amide bonds. The molecule has 0 atom stereocenters. The fourth-order valence-corrected chi connectivity index (χ4v) is 0.874. The van der Waals surface area contributed by atoms with Crippen molar-refractivity contribution in [1.82, 2.24) is 0 Å². The van der Waals surface area contributed by atoms with Gasteiger partial charge in [-0.3, -0.25) is 0 Å². The Morgan fingerprint density at radius 3 is 3.00 bits per heavy atom. The van der Waals surface area contributed by atoms with Gasteiger partial charge in [-0.15, -0.1) is 0 Å². The number of aryl methyl sites for hydroxylation is 1. The van der Waals surface area contributed by atoms with Gasteiger partial charge >= 0.3 is 5.97 Å². The molecule has 0 fully saturated rings. The van der Waals surface area contributed by atoms with E-state index in [-0.39, 0.29) is 0 Å². The Bertz CT molecular complexity index is 313. The van der Waals surface area contributed by atoms with E-state index in [0.717, 1.165) is 17.2 Å². The van der Waals surface area contributed by atoms with Crippen LogP contribution < -0.4 is 0 Å². The van der Waals surface area contributed by atoms with Crippen molar-refractivity contribution in [3.63, 3.8) is 0 Å². The molecule has 1 aromatic carbocycles. The van der Waals surface area contributed by atoms with Crippen molar-refractivity contribution >= 4 is 12.0 Å². The molecular formula is C10H9O2. The van der Waals surface area contributed by atoms with Crippen LogP contribution in [-0.2, 0) is 4.79 Å². The van der Waals surface area contributed by atoms with Crippen LogP contribution in [0, 0.1) is 13.0 Å². The molecule has 1 radical (unpaired) electrons. The molecule has 12 heavy (non-hydrogen) atoms. The number of carboxylic acid groups (broad SMARTS) is 1. The van der Waals surface area contributed by atoms with Crippen LogP contribution in [0.15, 0.2) is 24.3 Å². The Morgan fingerprint density at radius 1 is 1.67 bits per heavy atom. The van der Waals surface area contributed by atoms with Gasteiger partial charge in [0.2, 0.25) is 0 Å². The fourth-order valence-electron chi connectivity index (χ4n) is 0.874. The average Bonchev–Trinajstić information content (AvgIpc) is 2.03. The summed E-state index contributed by atoms with van der Waals surface area (Å²) in [5.41, 5.74) is 1.94. The third-order valence-electron chi connectivity index (χ3n) is 1.52. The van der Waals surface area contributed by atoms with Crippen molar-refractivity contribution in [2.45, 2.75) is 6.92 Å². The third-order valence-corrected chi connectivity index (χ3v) is 1.52. The Kier molecular flexibility index (Phi) is 2.64. The number of carboxylic acids is 1. The van der Waals surface area contributed by atoms with Crippen LogP contribution >= 0.6 is 0 Å². The molecule has 0 aliphatic carbocycles. The first-order valence-corrected chi connectivity index (χ1v) is 3.58. The van der Waals surface area contributed by atoms with E-state index in [0.29, 0.717) is 0 Å². The molecule has 1 rings (SSSR count). The van der Waals surface area contributed by atoms with E-state index in [4.69, 9.17) is 5.11 Å². The second-order valence-corrected chi connectivity index (χ2v) is 2.45. The van der Waals surface area contributed by atoms with Crippen molar-refractivity contribution < 1.29 is 9.90 Å². The Morgan fingerprint density at radius 2 is 2.42 bits per heavy atom. The molecule has 1 aromatic rings. The topological polar surface area (TPSA) is 37.3 Å². The zero-order valence-electron chi connectivity index (χ0n) is 6.74. The zero-order chi connectivity index (χ0) is 8.97. The molecule has 0 aliphatic rings. The number of hydrogen-bond donors (Lipinski definition) is 1. The zero-order valence-corrected chi connectivity index (χ0v) is 6.74. The maximum atomic E-state index is 10.2. The van der Waals surface area contributed by atoms with Gasteiger partial charge in [-0.05, 0) is 30.2 Å². The lowest BCUT2D eigenvalue weighted by Gasteiger charge is -1.96. The van der Waals surface area contributed by atoms with E-state index in [2.05, 4.69) is 6.07 Å². The summed E-state index contributed by atoms with van der Waals surface area (Å²) in [6.45, 7) is 1.91. The van der Waals surface area contributed by atoms with Gasteiger partial charge in [-0.1, -0.05) is 18.2 Å². The van der Waals surface area contributed by atoms with Crippen LogP contribution in [0.3, 0.4) is 0 Å². The van der Waals surface area contributed by atoms with Crippen LogP contribution in [-0.4, -0.2) is 11.1 Å². The number of carbonyl (C=O) groups is 1. The van der Waals surface area contributed by atoms with Gasteiger partial charge in [-0.2, -0.15) is 0 Å². The lowest BCUT2D eigenvalue weighted by Crippen LogP contribution is -1.86. The van der Waals surface area contributed by atoms with E-state index < -0.39 is 5.97 Å². The van der Waals surface area contributed by atoms with E-state index in [1.165, 1.54) is 0 Å². The highest BCUT2D eigenvalue weighted by atomic mass is 16.4. The van der Waals surface area contributed by atoms with Crippen LogP contribution in [0.1, 0.15) is 11.1 Å². The second kappa shape index (κ2) is 3.72. The fraction of sp³-hybridized carbons (Fsp3) is 0.100. The summed E-state index contributed by atoms with van der Waals surface area (Å²) in [6, 6.07) is 8.31. The number of hydrogen-bond acceptors (Lipinski definition) is 1. The highest BCUT2D eigenvalue weighted by Crippen LogP contribution is 2.07. The minimum atomic E-state index is -0.928. The quantitative estimate of drug-likeness (QED) is 0.672. The Balaban J connectivity index is 2.89. The first-order chi connectivity index (χ1) is 5.70. The van der Waals surface area contributed by atoms with Crippen molar-refractivity contribution in [3.8, 4) is 0 Å². The standard InChI is InChI=1S/C10H9O2/c1-8-4-2-3-5-9(8)6-7-10(11)12/h3-7H,1H3,(H,11,12). The molecule has 1 N–H and O–H groups in total. The summed E-state index contributed by atoms with van der Waals surface area (Å²) in [7, 11) is 0. The van der Waals surface area contributed by atoms with Crippen LogP contribution in [0.5, 0.6) is 0 Å². The minimum Gasteiger partial charge on any atom is -0.478 e. The van der Waals surface area contributed by atoms with Crippen molar-refractivity contribution in [1.29, 1.82) is 0 Å². The Hall–Kier alpha value is -1.57. The number of benzene rings is 1. The minimum absolute atomic E-state index is 0.913. The highest BCUT2D eigenvalue weighted by Gasteiger charge is 1.92. The molecule has 61 valence electrons. The first kappa shape index (κ1) is 8.53. The van der Waals surface area contributed by atoms with Crippen LogP contribution in [0.2, 0.25) is 0 Å². The highest BCUT2D eigenvalue weighted by molar-refractivity contribution is 5.85. The first-order valence-electron chi connectivity index (χ1n) is 3.58. The summed E-state index contributed by atoms with van der Waals surface area (Å²) < 4.78 is 0. The number of aliphatic carboxylic acids is 1. The van der Waals surface area contributed by atoms with Gasteiger partial charge in [0, 0.05) is 6.08 Å². The normalized spacial score (nSPS) is 10.4.